The summed E-state index contributed by atoms with van der Waals surface area (Å²) in [6.45, 7) is 0.542. The van der Waals surface area contributed by atoms with Crippen LogP contribution >= 0.6 is 0 Å². The topological polar surface area (TPSA) is 110 Å². The highest BCUT2D eigenvalue weighted by Crippen LogP contribution is 2.24. The molecule has 2 rings (SSSR count). The van der Waals surface area contributed by atoms with E-state index in [1.807, 2.05) is 30.3 Å². The van der Waals surface area contributed by atoms with E-state index < -0.39 is 11.9 Å². The van der Waals surface area contributed by atoms with Crippen LogP contribution in [-0.4, -0.2) is 28.7 Å². The molecule has 1 unspecified atom stereocenters. The van der Waals surface area contributed by atoms with Crippen LogP contribution in [-0.2, 0) is 9.59 Å². The van der Waals surface area contributed by atoms with Gasteiger partial charge >= 0.3 is 11.9 Å². The van der Waals surface area contributed by atoms with Crippen LogP contribution in [0.5, 0.6) is 5.75 Å². The summed E-state index contributed by atoms with van der Waals surface area (Å²) < 4.78 is 18.7. The summed E-state index contributed by atoms with van der Waals surface area (Å²) in [5, 5.41) is 15.6. The van der Waals surface area contributed by atoms with E-state index in [1.54, 1.807) is 12.1 Å². The summed E-state index contributed by atoms with van der Waals surface area (Å²) in [4.78, 5) is 19.1. The van der Waals surface area contributed by atoms with Crippen LogP contribution in [0, 0.1) is 5.82 Å². The molecule has 7 heteroatoms. The normalized spacial score (nSPS) is 11.3. The van der Waals surface area contributed by atoms with Crippen molar-refractivity contribution in [1.82, 2.24) is 0 Å². The van der Waals surface area contributed by atoms with Crippen molar-refractivity contribution in [2.24, 2.45) is 5.73 Å². The van der Waals surface area contributed by atoms with Gasteiger partial charge in [0.25, 0.3) is 0 Å². The van der Waals surface area contributed by atoms with Gasteiger partial charge in [0.2, 0.25) is 0 Å². The molecule has 0 amide bonds. The van der Waals surface area contributed by atoms with Crippen LogP contribution in [0.2, 0.25) is 0 Å². The third-order valence-corrected chi connectivity index (χ3v) is 3.06. The number of halogens is 1. The third-order valence-electron chi connectivity index (χ3n) is 3.06. The maximum atomic E-state index is 12.8. The highest BCUT2D eigenvalue weighted by Gasteiger charge is 2.12. The Kier molecular flexibility index (Phi) is 9.13. The maximum absolute atomic E-state index is 12.8. The predicted molar refractivity (Wildman–Crippen MR) is 94.3 cm³/mol. The van der Waals surface area contributed by atoms with Crippen molar-refractivity contribution in [2.75, 3.05) is 6.54 Å². The lowest BCUT2D eigenvalue weighted by Crippen LogP contribution is -2.13. The lowest BCUT2D eigenvalue weighted by Gasteiger charge is -2.19. The molecular weight excluding hydrogens is 341 g/mol. The van der Waals surface area contributed by atoms with E-state index in [9.17, 15) is 14.0 Å². The van der Waals surface area contributed by atoms with Crippen LogP contribution < -0.4 is 10.5 Å². The van der Waals surface area contributed by atoms with Gasteiger partial charge in [0.15, 0.2) is 0 Å². The van der Waals surface area contributed by atoms with Gasteiger partial charge < -0.3 is 20.7 Å². The Labute approximate surface area is 150 Å². The average Bonchev–Trinajstić information content (AvgIpc) is 2.63. The number of carbonyl (C=O) groups is 2. The minimum Gasteiger partial charge on any atom is -0.486 e. The van der Waals surface area contributed by atoms with Crippen molar-refractivity contribution in [2.45, 2.75) is 12.5 Å². The molecule has 2 aromatic rings. The van der Waals surface area contributed by atoms with E-state index in [2.05, 4.69) is 0 Å². The van der Waals surface area contributed by atoms with Gasteiger partial charge in [0, 0.05) is 18.6 Å². The Hall–Kier alpha value is -3.19. The fourth-order valence-electron chi connectivity index (χ4n) is 1.93. The van der Waals surface area contributed by atoms with E-state index in [0.717, 1.165) is 12.0 Å². The van der Waals surface area contributed by atoms with E-state index in [0.29, 0.717) is 24.4 Å². The van der Waals surface area contributed by atoms with Gasteiger partial charge in [-0.3, -0.25) is 0 Å². The predicted octanol–water partition coefficient (Wildman–Crippen LogP) is 3.01. The zero-order valence-corrected chi connectivity index (χ0v) is 13.9. The van der Waals surface area contributed by atoms with Gasteiger partial charge in [0.1, 0.15) is 17.7 Å². The first-order valence-corrected chi connectivity index (χ1v) is 7.73. The summed E-state index contributed by atoms with van der Waals surface area (Å²) in [5.74, 6) is -2.13. The molecule has 0 aliphatic heterocycles. The van der Waals surface area contributed by atoms with Crippen LogP contribution in [0.15, 0.2) is 66.7 Å². The third kappa shape index (κ3) is 8.60. The molecule has 0 fully saturated rings. The highest BCUT2D eigenvalue weighted by molar-refractivity contribution is 5.89. The molecule has 2 aromatic carbocycles. The minimum atomic E-state index is -1.26. The second kappa shape index (κ2) is 11.4. The molecule has 0 aliphatic rings. The standard InChI is InChI=1S/C15H16FNO.C4H4O4/c16-13-6-8-14(9-7-13)18-15(10-11-17)12-4-2-1-3-5-12;5-3(6)1-2-4(7)8/h1-9,15H,10-11,17H2;1-2H,(H,5,6)(H,7,8). The molecule has 0 aromatic heterocycles. The van der Waals surface area contributed by atoms with Crippen LogP contribution in [0.4, 0.5) is 4.39 Å². The van der Waals surface area contributed by atoms with Crippen molar-refractivity contribution in [3.05, 3.63) is 78.1 Å². The molecular formula is C19H20FNO5. The second-order valence-corrected chi connectivity index (χ2v) is 5.06. The van der Waals surface area contributed by atoms with Crippen molar-refractivity contribution in [3.63, 3.8) is 0 Å². The van der Waals surface area contributed by atoms with Gasteiger partial charge in [-0.2, -0.15) is 0 Å². The van der Waals surface area contributed by atoms with Gasteiger partial charge in [-0.15, -0.1) is 0 Å². The number of hydrogen-bond acceptors (Lipinski definition) is 4. The van der Waals surface area contributed by atoms with Gasteiger partial charge in [-0.05, 0) is 36.4 Å². The minimum absolute atomic E-state index is 0.0957. The lowest BCUT2D eigenvalue weighted by molar-refractivity contribution is -0.134. The van der Waals surface area contributed by atoms with E-state index >= 15 is 0 Å². The van der Waals surface area contributed by atoms with Crippen LogP contribution in [0.3, 0.4) is 0 Å². The molecule has 0 heterocycles. The maximum Gasteiger partial charge on any atom is 0.328 e. The Morgan fingerprint density at radius 3 is 2.00 bits per heavy atom. The molecule has 26 heavy (non-hydrogen) atoms. The molecule has 0 spiro atoms. The number of nitrogens with two attached hydrogens (primary N) is 1. The van der Waals surface area contributed by atoms with Gasteiger partial charge in [0.05, 0.1) is 0 Å². The smallest absolute Gasteiger partial charge is 0.328 e. The molecule has 4 N–H and O–H groups in total. The van der Waals surface area contributed by atoms with Crippen molar-refractivity contribution >= 4 is 11.9 Å². The number of benzene rings is 2. The van der Waals surface area contributed by atoms with Gasteiger partial charge in [-0.1, -0.05) is 30.3 Å². The summed E-state index contributed by atoms with van der Waals surface area (Å²) in [5.41, 5.74) is 6.68. The van der Waals surface area contributed by atoms with E-state index in [4.69, 9.17) is 20.7 Å². The Balaban J connectivity index is 0.000000359. The summed E-state index contributed by atoms with van der Waals surface area (Å²) in [6, 6.07) is 15.9. The Morgan fingerprint density at radius 2 is 1.54 bits per heavy atom. The SMILES string of the molecule is NCCC(Oc1ccc(F)cc1)c1ccccc1.O=C(O)C=CC(=O)O. The van der Waals surface area contributed by atoms with Crippen LogP contribution in [0.25, 0.3) is 0 Å². The second-order valence-electron chi connectivity index (χ2n) is 5.06. The monoisotopic (exact) mass is 361 g/mol. The summed E-state index contributed by atoms with van der Waals surface area (Å²) in [7, 11) is 0. The van der Waals surface area contributed by atoms with E-state index in [-0.39, 0.29) is 11.9 Å². The van der Waals surface area contributed by atoms with Crippen molar-refractivity contribution in [3.8, 4) is 5.75 Å². The van der Waals surface area contributed by atoms with Gasteiger partial charge in [-0.25, -0.2) is 14.0 Å². The zero-order valence-electron chi connectivity index (χ0n) is 13.9. The number of aliphatic carboxylic acids is 2. The molecule has 0 saturated carbocycles. The number of hydrogen-bond donors (Lipinski definition) is 3. The molecule has 0 aliphatic carbocycles. The van der Waals surface area contributed by atoms with Crippen molar-refractivity contribution < 1.29 is 28.9 Å². The van der Waals surface area contributed by atoms with Crippen molar-refractivity contribution in [1.29, 1.82) is 0 Å². The van der Waals surface area contributed by atoms with Crippen LogP contribution in [0.1, 0.15) is 18.1 Å². The number of carboxylic acid groups (broad SMARTS) is 2. The highest BCUT2D eigenvalue weighted by atomic mass is 19.1. The number of carboxylic acids is 2. The lowest BCUT2D eigenvalue weighted by atomic mass is 10.1. The first-order valence-electron chi connectivity index (χ1n) is 7.73. The average molecular weight is 361 g/mol. The number of rotatable bonds is 7. The summed E-state index contributed by atoms with van der Waals surface area (Å²) in [6.07, 6.45) is 1.74. The number of ether oxygens (including phenoxy) is 1. The summed E-state index contributed by atoms with van der Waals surface area (Å²) >= 11 is 0. The quantitative estimate of drug-likeness (QED) is 0.654. The molecule has 6 nitrogen and oxygen atoms in total. The molecule has 0 saturated heterocycles. The largest absolute Gasteiger partial charge is 0.486 e. The van der Waals surface area contributed by atoms with E-state index in [1.165, 1.54) is 12.1 Å². The Bertz CT molecular complexity index is 700. The fourth-order valence-corrected chi connectivity index (χ4v) is 1.93. The molecule has 0 bridgehead atoms. The molecule has 0 radical (unpaired) electrons. The Morgan fingerprint density at radius 1 is 1.00 bits per heavy atom. The fraction of sp³-hybridized carbons (Fsp3) is 0.158. The first-order chi connectivity index (χ1) is 12.4. The first kappa shape index (κ1) is 20.9. The zero-order chi connectivity index (χ0) is 19.4. The molecule has 138 valence electrons. The molecule has 1 atom stereocenters.